The predicted molar refractivity (Wildman–Crippen MR) is 236 cm³/mol. The van der Waals surface area contributed by atoms with Crippen molar-refractivity contribution in [1.82, 2.24) is 5.32 Å². The highest BCUT2D eigenvalue weighted by Gasteiger charge is 2.80. The summed E-state index contributed by atoms with van der Waals surface area (Å²) in [6.07, 6.45) is 1.27. The maximum Gasteiger partial charge on any atom is 0.339 e. The smallest absolute Gasteiger partial charge is 0.339 e. The van der Waals surface area contributed by atoms with Gasteiger partial charge in [0.15, 0.2) is 29.1 Å². The molecule has 13 atom stereocenters. The van der Waals surface area contributed by atoms with Gasteiger partial charge in [-0.1, -0.05) is 68.5 Å². The maximum absolute atomic E-state index is 17.7. The number of allylic oxidation sites excluding steroid dienone is 4. The summed E-state index contributed by atoms with van der Waals surface area (Å²) < 4.78 is 46.4. The van der Waals surface area contributed by atoms with Crippen LogP contribution in [0.4, 0.5) is 8.78 Å². The van der Waals surface area contributed by atoms with Gasteiger partial charge in [0.2, 0.25) is 5.91 Å². The highest BCUT2D eigenvalue weighted by Crippen LogP contribution is 2.72. The molecule has 14 heteroatoms. The lowest BCUT2D eigenvalue weighted by molar-refractivity contribution is -0.240. The number of carboxylic acids is 1. The van der Waals surface area contributed by atoms with Crippen LogP contribution in [-0.2, 0) is 51.1 Å². The fourth-order valence-electron chi connectivity index (χ4n) is 11.5. The van der Waals surface area contributed by atoms with E-state index in [9.17, 15) is 39.0 Å². The molecule has 64 heavy (non-hydrogen) atoms. The van der Waals surface area contributed by atoms with Crippen molar-refractivity contribution < 1.29 is 57.2 Å². The van der Waals surface area contributed by atoms with Crippen LogP contribution >= 0.6 is 11.8 Å². The van der Waals surface area contributed by atoms with E-state index in [1.54, 1.807) is 32.9 Å². The first-order valence-electron chi connectivity index (χ1n) is 22.3. The minimum absolute atomic E-state index is 0.00366. The molecule has 1 heterocycles. The molecule has 4 aliphatic carbocycles. The zero-order valence-electron chi connectivity index (χ0n) is 37.2. The van der Waals surface area contributed by atoms with Gasteiger partial charge < -0.3 is 25.0 Å². The van der Waals surface area contributed by atoms with Crippen molar-refractivity contribution >= 4 is 46.8 Å². The lowest BCUT2D eigenvalue weighted by Gasteiger charge is -2.62. The standard InChI is InChI=1S/C50H59F2NO10S/c1-27(19-34(54)11-8-12-40(56)29(3)64-6)44(59)53-28(2)41(57)22-32-10-7-9-31(21-32)20-30-13-15-33(16-14-30)45-62-43-25-36-37-24-39(51)38-23-35(55)17-18-47(38,4)49(37,52)42(58)26-48(36,5)50(43,63-45)46(60)61/h7,9-10,13-18,21,23,27-29,36-37,39,42-43,45,58H,8,11-12,19-20,22,24-26H2,1-6H3,(H,53,59)(H,60,61)/t27-,28+,29?,36+,37+,39+,42+,43-,45-,47+,48+,49+,50+/m1/s1. The Kier molecular flexibility index (Phi) is 13.5. The fourth-order valence-corrected chi connectivity index (χ4v) is 11.8. The monoisotopic (exact) mass is 903 g/mol. The number of amides is 1. The molecule has 3 N–H and O–H groups in total. The molecule has 0 aromatic heterocycles. The summed E-state index contributed by atoms with van der Waals surface area (Å²) in [7, 11) is 0. The molecule has 1 amide bonds. The van der Waals surface area contributed by atoms with Gasteiger partial charge in [0.05, 0.1) is 17.4 Å². The van der Waals surface area contributed by atoms with Crippen LogP contribution in [-0.4, -0.2) is 92.4 Å². The number of Topliss-reactive ketones (excluding diaryl/α,β-unsaturated/α-hetero) is 3. The molecule has 0 spiro atoms. The van der Waals surface area contributed by atoms with Crippen LogP contribution in [0.1, 0.15) is 108 Å². The largest absolute Gasteiger partial charge is 0.479 e. The lowest BCUT2D eigenvalue weighted by Crippen LogP contribution is -2.70. The number of rotatable bonds is 17. The van der Waals surface area contributed by atoms with Crippen molar-refractivity contribution in [2.24, 2.45) is 28.6 Å². The number of hydrogen-bond donors (Lipinski definition) is 3. The number of alkyl halides is 2. The number of ether oxygens (including phenoxy) is 2. The Morgan fingerprint density at radius 3 is 2.34 bits per heavy atom. The molecule has 7 rings (SSSR count). The number of thioether (sulfide) groups is 1. The fraction of sp³-hybridized carbons (Fsp3) is 0.560. The minimum Gasteiger partial charge on any atom is -0.479 e. The number of carboxylic acid groups (broad SMARTS) is 1. The van der Waals surface area contributed by atoms with Gasteiger partial charge in [-0.15, -0.1) is 0 Å². The molecule has 0 bridgehead atoms. The van der Waals surface area contributed by atoms with Gasteiger partial charge in [0.25, 0.3) is 0 Å². The van der Waals surface area contributed by atoms with Gasteiger partial charge in [0, 0.05) is 53.9 Å². The first-order valence-corrected chi connectivity index (χ1v) is 23.6. The van der Waals surface area contributed by atoms with Crippen molar-refractivity contribution in [3.8, 4) is 0 Å². The number of fused-ring (bicyclic) bond motifs is 7. The van der Waals surface area contributed by atoms with Gasteiger partial charge in [-0.25, -0.2) is 13.6 Å². The number of ketones is 4. The maximum atomic E-state index is 17.7. The van der Waals surface area contributed by atoms with Gasteiger partial charge in [-0.3, -0.25) is 24.0 Å². The molecule has 1 saturated heterocycles. The van der Waals surface area contributed by atoms with Crippen LogP contribution in [0.3, 0.4) is 0 Å². The number of carbonyl (C=O) groups excluding carboxylic acids is 5. The molecule has 1 unspecified atom stereocenters. The SMILES string of the molecule is CSC(C)C(=O)CCCC(=O)C[C@@H](C)C(=O)N[C@@H](C)C(=O)Cc1cccc(Cc2ccc([C@@H]3O[C@@H]4C[C@H]5[C@@H]6C[C@H](F)C7=CC(=O)C=C[C@]7(C)[C@@]6(F)[C@@H](O)C[C@]5(C)[C@]4(C(=O)O)O3)cc2)c1. The van der Waals surface area contributed by atoms with Crippen LogP contribution in [0, 0.1) is 28.6 Å². The molecule has 11 nitrogen and oxygen atoms in total. The van der Waals surface area contributed by atoms with Crippen LogP contribution in [0.5, 0.6) is 0 Å². The molecule has 2 aromatic carbocycles. The normalized spacial score (nSPS) is 34.0. The lowest BCUT2D eigenvalue weighted by atomic mass is 9.44. The Hall–Kier alpha value is -4.37. The van der Waals surface area contributed by atoms with Crippen LogP contribution < -0.4 is 5.32 Å². The van der Waals surface area contributed by atoms with Crippen molar-refractivity contribution in [1.29, 1.82) is 0 Å². The number of hydrogen-bond acceptors (Lipinski definition) is 10. The van der Waals surface area contributed by atoms with E-state index in [1.807, 2.05) is 49.6 Å². The first-order chi connectivity index (χ1) is 30.2. The summed E-state index contributed by atoms with van der Waals surface area (Å²) in [5.74, 6) is -4.70. The average molecular weight is 904 g/mol. The number of aliphatic carboxylic acids is 1. The Morgan fingerprint density at radius 2 is 1.66 bits per heavy atom. The van der Waals surface area contributed by atoms with Gasteiger partial charge in [-0.2, -0.15) is 11.8 Å². The minimum atomic E-state index is -2.36. The second kappa shape index (κ2) is 18.1. The number of benzene rings is 2. The van der Waals surface area contributed by atoms with Crippen LogP contribution in [0.2, 0.25) is 0 Å². The third-order valence-electron chi connectivity index (χ3n) is 15.2. The second-order valence-electron chi connectivity index (χ2n) is 19.2. The van der Waals surface area contributed by atoms with Gasteiger partial charge >= 0.3 is 5.97 Å². The van der Waals surface area contributed by atoms with E-state index in [0.717, 1.165) is 22.8 Å². The molecule has 2 aromatic rings. The molecule has 0 radical (unpaired) electrons. The zero-order valence-corrected chi connectivity index (χ0v) is 38.1. The summed E-state index contributed by atoms with van der Waals surface area (Å²) in [5.41, 5.74) is -4.05. The Labute approximate surface area is 377 Å². The average Bonchev–Trinajstić information content (AvgIpc) is 3.76. The van der Waals surface area contributed by atoms with Crippen molar-refractivity contribution in [3.05, 3.63) is 94.6 Å². The second-order valence-corrected chi connectivity index (χ2v) is 20.3. The number of carbonyl (C=O) groups is 6. The molecule has 5 aliphatic rings. The van der Waals surface area contributed by atoms with E-state index in [0.29, 0.717) is 24.8 Å². The van der Waals surface area contributed by atoms with Gasteiger partial charge in [-0.05, 0) is 99.5 Å². The highest BCUT2D eigenvalue weighted by molar-refractivity contribution is 7.99. The van der Waals surface area contributed by atoms with E-state index in [2.05, 4.69) is 5.32 Å². The summed E-state index contributed by atoms with van der Waals surface area (Å²) in [4.78, 5) is 76.2. The quantitative estimate of drug-likeness (QED) is 0.147. The number of aliphatic hydroxyl groups is 1. The van der Waals surface area contributed by atoms with Crippen LogP contribution in [0.15, 0.2) is 72.3 Å². The summed E-state index contributed by atoms with van der Waals surface area (Å²) in [6, 6.07) is 14.1. The molecule has 4 fully saturated rings. The summed E-state index contributed by atoms with van der Waals surface area (Å²) in [5, 5.41) is 25.2. The van der Waals surface area contributed by atoms with E-state index in [1.165, 1.54) is 30.8 Å². The molecule has 344 valence electrons. The van der Waals surface area contributed by atoms with Crippen molar-refractivity contribution in [3.63, 3.8) is 0 Å². The Balaban J connectivity index is 0.952. The third kappa shape index (κ3) is 8.25. The van der Waals surface area contributed by atoms with E-state index in [4.69, 9.17) is 9.47 Å². The summed E-state index contributed by atoms with van der Waals surface area (Å²) in [6.45, 7) is 8.29. The molecular formula is C50H59F2NO10S. The highest BCUT2D eigenvalue weighted by atomic mass is 32.2. The first kappa shape index (κ1) is 47.6. The van der Waals surface area contributed by atoms with E-state index < -0.39 is 82.3 Å². The molecule has 3 saturated carbocycles. The predicted octanol–water partition coefficient (Wildman–Crippen LogP) is 7.15. The number of nitrogens with one attached hydrogen (secondary N) is 1. The molecule has 1 aliphatic heterocycles. The Morgan fingerprint density at radius 1 is 0.953 bits per heavy atom. The van der Waals surface area contributed by atoms with E-state index in [-0.39, 0.29) is 72.6 Å². The van der Waals surface area contributed by atoms with Crippen molar-refractivity contribution in [2.75, 3.05) is 6.26 Å². The number of halogens is 2. The van der Waals surface area contributed by atoms with E-state index >= 15 is 8.78 Å². The third-order valence-corrected chi connectivity index (χ3v) is 16.2. The number of aliphatic hydroxyl groups excluding tert-OH is 1. The topological polar surface area (TPSA) is 173 Å². The zero-order chi connectivity index (χ0) is 46.5. The summed E-state index contributed by atoms with van der Waals surface area (Å²) >= 11 is 1.47. The van der Waals surface area contributed by atoms with Crippen LogP contribution in [0.25, 0.3) is 0 Å². The molecular weight excluding hydrogens is 845 g/mol. The van der Waals surface area contributed by atoms with Gasteiger partial charge in [0.1, 0.15) is 23.8 Å². The Bertz CT molecular complexity index is 2260. The van der Waals surface area contributed by atoms with Crippen molar-refractivity contribution in [2.45, 2.75) is 140 Å².